The number of pyridine rings is 1. The molecule has 0 spiro atoms. The van der Waals surface area contributed by atoms with Gasteiger partial charge in [0.25, 0.3) is 10.0 Å². The van der Waals surface area contributed by atoms with Crippen molar-refractivity contribution in [2.75, 3.05) is 4.72 Å². The summed E-state index contributed by atoms with van der Waals surface area (Å²) in [5.74, 6) is -0.608. The van der Waals surface area contributed by atoms with Crippen LogP contribution in [0.2, 0.25) is 5.02 Å². The first-order valence-electron chi connectivity index (χ1n) is 7.09. The van der Waals surface area contributed by atoms with E-state index in [2.05, 4.69) is 14.8 Å². The highest BCUT2D eigenvalue weighted by Crippen LogP contribution is 2.26. The Balaban J connectivity index is 1.96. The fourth-order valence-electron chi connectivity index (χ4n) is 2.28. The molecule has 9 heteroatoms. The maximum Gasteiger partial charge on any atom is 0.263 e. The first kappa shape index (κ1) is 16.7. The maximum atomic E-state index is 13.1. The molecule has 0 fully saturated rings. The Labute approximate surface area is 143 Å². The molecular weight excluding hydrogens is 355 g/mol. The highest BCUT2D eigenvalue weighted by atomic mass is 35.5. The molecule has 0 unspecified atom stereocenters. The number of nitrogens with one attached hydrogen (secondary N) is 1. The Hall–Kier alpha value is -2.19. The summed E-state index contributed by atoms with van der Waals surface area (Å²) in [6.07, 6.45) is 3.02. The van der Waals surface area contributed by atoms with Crippen molar-refractivity contribution in [1.82, 2.24) is 14.8 Å². The summed E-state index contributed by atoms with van der Waals surface area (Å²) in [6, 6.07) is 4.86. The number of hydrogen-bond donors (Lipinski definition) is 1. The number of fused-ring (bicyclic) bond motifs is 1. The fraction of sp³-hybridized carbons (Fsp3) is 0.200. The Kier molecular flexibility index (Phi) is 4.18. The second-order valence-electron chi connectivity index (χ2n) is 5.50. The number of aromatic nitrogens is 3. The molecule has 0 aliphatic carbocycles. The molecule has 0 amide bonds. The molecule has 3 rings (SSSR count). The molecule has 1 N–H and O–H groups in total. The van der Waals surface area contributed by atoms with Crippen LogP contribution in [0.3, 0.4) is 0 Å². The number of halogens is 2. The van der Waals surface area contributed by atoms with Crippen LogP contribution in [0.25, 0.3) is 11.0 Å². The molecule has 6 nitrogen and oxygen atoms in total. The van der Waals surface area contributed by atoms with Crippen LogP contribution in [-0.2, 0) is 10.0 Å². The van der Waals surface area contributed by atoms with Crippen LogP contribution in [-0.4, -0.2) is 23.2 Å². The fourth-order valence-corrected chi connectivity index (χ4v) is 3.84. The van der Waals surface area contributed by atoms with Gasteiger partial charge in [-0.15, -0.1) is 0 Å². The smallest absolute Gasteiger partial charge is 0.263 e. The first-order valence-corrected chi connectivity index (χ1v) is 8.95. The van der Waals surface area contributed by atoms with Crippen LogP contribution in [0.1, 0.15) is 19.9 Å². The third kappa shape index (κ3) is 3.07. The second kappa shape index (κ2) is 6.03. The number of benzene rings is 1. The van der Waals surface area contributed by atoms with Crippen LogP contribution in [0.4, 0.5) is 10.1 Å². The summed E-state index contributed by atoms with van der Waals surface area (Å²) in [6.45, 7) is 3.95. The molecule has 0 aliphatic heterocycles. The first-order chi connectivity index (χ1) is 11.3. The van der Waals surface area contributed by atoms with Gasteiger partial charge < -0.3 is 0 Å². The van der Waals surface area contributed by atoms with Crippen molar-refractivity contribution in [1.29, 1.82) is 0 Å². The van der Waals surface area contributed by atoms with E-state index in [-0.39, 0.29) is 21.6 Å². The number of rotatable bonds is 4. The van der Waals surface area contributed by atoms with Gasteiger partial charge in [0.05, 0.1) is 23.1 Å². The summed E-state index contributed by atoms with van der Waals surface area (Å²) in [5, 5.41) is 4.74. The quantitative estimate of drug-likeness (QED) is 0.763. The monoisotopic (exact) mass is 368 g/mol. The van der Waals surface area contributed by atoms with E-state index in [0.717, 1.165) is 18.2 Å². The lowest BCUT2D eigenvalue weighted by atomic mass is 10.3. The van der Waals surface area contributed by atoms with Crippen LogP contribution in [0, 0.1) is 5.82 Å². The molecular formula is C15H14ClFN4O2S. The van der Waals surface area contributed by atoms with E-state index in [1.165, 1.54) is 6.20 Å². The Morgan fingerprint density at radius 2 is 2.00 bits per heavy atom. The molecule has 0 saturated heterocycles. The molecule has 0 saturated carbocycles. The largest absolute Gasteiger partial charge is 0.278 e. The molecule has 24 heavy (non-hydrogen) atoms. The average molecular weight is 369 g/mol. The zero-order valence-corrected chi connectivity index (χ0v) is 14.4. The molecule has 2 heterocycles. The SMILES string of the molecule is CC(C)n1ncc2cc(NS(=O)(=O)c3ccc(F)cc3Cl)cnc21. The highest BCUT2D eigenvalue weighted by molar-refractivity contribution is 7.92. The van der Waals surface area contributed by atoms with Crippen molar-refractivity contribution < 1.29 is 12.8 Å². The van der Waals surface area contributed by atoms with Crippen LogP contribution in [0.5, 0.6) is 0 Å². The summed E-state index contributed by atoms with van der Waals surface area (Å²) in [5.41, 5.74) is 0.930. The molecule has 2 aromatic heterocycles. The van der Waals surface area contributed by atoms with Gasteiger partial charge in [-0.3, -0.25) is 4.72 Å². The third-order valence-electron chi connectivity index (χ3n) is 3.36. The molecule has 0 bridgehead atoms. The summed E-state index contributed by atoms with van der Waals surface area (Å²) < 4.78 is 42.1. The molecule has 1 aromatic carbocycles. The standard InChI is InChI=1S/C15H14ClFN4O2S/c1-9(2)21-15-10(7-19-21)5-12(8-18-15)20-24(22,23)14-4-3-11(17)6-13(14)16/h3-9,20H,1-2H3. The number of anilines is 1. The topological polar surface area (TPSA) is 76.9 Å². The van der Waals surface area contributed by atoms with Gasteiger partial charge >= 0.3 is 0 Å². The van der Waals surface area contributed by atoms with Gasteiger partial charge in [0.1, 0.15) is 10.7 Å². The van der Waals surface area contributed by atoms with E-state index in [1.807, 2.05) is 13.8 Å². The van der Waals surface area contributed by atoms with Crippen molar-refractivity contribution in [2.24, 2.45) is 0 Å². The second-order valence-corrected chi connectivity index (χ2v) is 7.56. The van der Waals surface area contributed by atoms with Crippen molar-refractivity contribution in [3.05, 3.63) is 47.5 Å². The van der Waals surface area contributed by atoms with Gasteiger partial charge in [-0.1, -0.05) is 11.6 Å². The van der Waals surface area contributed by atoms with Crippen LogP contribution < -0.4 is 4.72 Å². The minimum absolute atomic E-state index is 0.135. The van der Waals surface area contributed by atoms with Gasteiger partial charge in [-0.2, -0.15) is 5.10 Å². The van der Waals surface area contributed by atoms with Crippen molar-refractivity contribution in [2.45, 2.75) is 24.8 Å². The van der Waals surface area contributed by atoms with E-state index in [4.69, 9.17) is 11.6 Å². The zero-order chi connectivity index (χ0) is 17.5. The average Bonchev–Trinajstić information content (AvgIpc) is 2.89. The summed E-state index contributed by atoms with van der Waals surface area (Å²) >= 11 is 5.83. The van der Waals surface area contributed by atoms with E-state index >= 15 is 0 Å². The van der Waals surface area contributed by atoms with E-state index in [0.29, 0.717) is 11.0 Å². The zero-order valence-electron chi connectivity index (χ0n) is 12.9. The predicted molar refractivity (Wildman–Crippen MR) is 90.1 cm³/mol. The molecule has 0 atom stereocenters. The van der Waals surface area contributed by atoms with Crippen molar-refractivity contribution in [3.63, 3.8) is 0 Å². The third-order valence-corrected chi connectivity index (χ3v) is 5.22. The highest BCUT2D eigenvalue weighted by Gasteiger charge is 2.19. The van der Waals surface area contributed by atoms with Gasteiger partial charge in [-0.25, -0.2) is 22.5 Å². The predicted octanol–water partition coefficient (Wildman–Crippen LogP) is 3.61. The maximum absolute atomic E-state index is 13.1. The lowest BCUT2D eigenvalue weighted by Gasteiger charge is -2.10. The lowest BCUT2D eigenvalue weighted by Crippen LogP contribution is -2.14. The Morgan fingerprint density at radius 3 is 2.67 bits per heavy atom. The van der Waals surface area contributed by atoms with Gasteiger partial charge in [-0.05, 0) is 38.1 Å². The van der Waals surface area contributed by atoms with E-state index in [1.54, 1.807) is 16.9 Å². The van der Waals surface area contributed by atoms with Gasteiger partial charge in [0, 0.05) is 11.4 Å². The summed E-state index contributed by atoms with van der Waals surface area (Å²) in [4.78, 5) is 4.05. The van der Waals surface area contributed by atoms with Crippen molar-refractivity contribution in [3.8, 4) is 0 Å². The Morgan fingerprint density at radius 1 is 1.25 bits per heavy atom. The summed E-state index contributed by atoms with van der Waals surface area (Å²) in [7, 11) is -3.95. The molecule has 0 radical (unpaired) electrons. The van der Waals surface area contributed by atoms with E-state index in [9.17, 15) is 12.8 Å². The molecule has 126 valence electrons. The minimum atomic E-state index is -3.95. The normalized spacial score (nSPS) is 12.0. The lowest BCUT2D eigenvalue weighted by molar-refractivity contribution is 0.546. The van der Waals surface area contributed by atoms with Crippen molar-refractivity contribution >= 4 is 38.3 Å². The van der Waals surface area contributed by atoms with Gasteiger partial charge in [0.2, 0.25) is 0 Å². The molecule has 0 aliphatic rings. The number of sulfonamides is 1. The number of nitrogens with zero attached hydrogens (tertiary/aromatic N) is 3. The van der Waals surface area contributed by atoms with Crippen LogP contribution in [0.15, 0.2) is 41.6 Å². The minimum Gasteiger partial charge on any atom is -0.278 e. The number of hydrogen-bond acceptors (Lipinski definition) is 4. The van der Waals surface area contributed by atoms with E-state index < -0.39 is 15.8 Å². The molecule has 3 aromatic rings. The van der Waals surface area contributed by atoms with Gasteiger partial charge in [0.15, 0.2) is 5.65 Å². The van der Waals surface area contributed by atoms with Crippen LogP contribution >= 0.6 is 11.6 Å². The Bertz CT molecular complexity index is 1020.